The van der Waals surface area contributed by atoms with E-state index < -0.39 is 0 Å². The highest BCUT2D eigenvalue weighted by atomic mass is 15.1. The van der Waals surface area contributed by atoms with Gasteiger partial charge in [0.05, 0.1) is 0 Å². The highest BCUT2D eigenvalue weighted by Crippen LogP contribution is 2.25. The minimum Gasteiger partial charge on any atom is -0.329 e. The molecular formula is C14H24N2. The van der Waals surface area contributed by atoms with Crippen molar-refractivity contribution in [2.45, 2.75) is 33.2 Å². The Morgan fingerprint density at radius 2 is 1.81 bits per heavy atom. The number of hydrogen-bond acceptors (Lipinski definition) is 2. The highest BCUT2D eigenvalue weighted by Gasteiger charge is 2.18. The molecule has 0 radical (unpaired) electrons. The van der Waals surface area contributed by atoms with Gasteiger partial charge >= 0.3 is 0 Å². The summed E-state index contributed by atoms with van der Waals surface area (Å²) in [6, 6.07) is 6.80. The number of likely N-dealkylation sites (N-methyl/N-ethyl adjacent to an activating group) is 1. The molecule has 1 aromatic carbocycles. The quantitative estimate of drug-likeness (QED) is 0.826. The molecule has 0 aliphatic heterocycles. The zero-order valence-electron chi connectivity index (χ0n) is 11.0. The number of benzene rings is 1. The zero-order valence-corrected chi connectivity index (χ0v) is 11.0. The Labute approximate surface area is 99.5 Å². The third-order valence-corrected chi connectivity index (χ3v) is 3.21. The third-order valence-electron chi connectivity index (χ3n) is 3.21. The summed E-state index contributed by atoms with van der Waals surface area (Å²) < 4.78 is 0. The van der Waals surface area contributed by atoms with Crippen LogP contribution >= 0.6 is 0 Å². The minimum atomic E-state index is 0.348. The average molecular weight is 220 g/mol. The molecule has 0 heterocycles. The number of rotatable bonds is 5. The third kappa shape index (κ3) is 2.83. The Hall–Kier alpha value is -0.860. The van der Waals surface area contributed by atoms with Crippen molar-refractivity contribution in [3.8, 4) is 0 Å². The van der Waals surface area contributed by atoms with E-state index in [0.717, 1.165) is 13.0 Å². The summed E-state index contributed by atoms with van der Waals surface area (Å²) in [5.41, 5.74) is 10.0. The monoisotopic (exact) mass is 220 g/mol. The van der Waals surface area contributed by atoms with Crippen LogP contribution in [-0.2, 0) is 0 Å². The van der Waals surface area contributed by atoms with Crippen LogP contribution in [0.5, 0.6) is 0 Å². The van der Waals surface area contributed by atoms with Gasteiger partial charge in [0, 0.05) is 12.6 Å². The first kappa shape index (κ1) is 13.2. The summed E-state index contributed by atoms with van der Waals surface area (Å²) >= 11 is 0. The second-order valence-electron chi connectivity index (χ2n) is 4.54. The molecule has 1 unspecified atom stereocenters. The van der Waals surface area contributed by atoms with Gasteiger partial charge in [0.2, 0.25) is 0 Å². The lowest BCUT2D eigenvalue weighted by molar-refractivity contribution is 0.249. The van der Waals surface area contributed by atoms with Gasteiger partial charge in [0.1, 0.15) is 0 Å². The van der Waals surface area contributed by atoms with Crippen LogP contribution < -0.4 is 5.73 Å². The molecule has 0 spiro atoms. The van der Waals surface area contributed by atoms with Crippen LogP contribution in [0, 0.1) is 13.8 Å². The Morgan fingerprint density at radius 1 is 1.25 bits per heavy atom. The Kier molecular flexibility index (Phi) is 4.97. The molecule has 90 valence electrons. The largest absolute Gasteiger partial charge is 0.329 e. The smallest absolute Gasteiger partial charge is 0.0472 e. The van der Waals surface area contributed by atoms with Gasteiger partial charge in [-0.3, -0.25) is 4.90 Å². The molecule has 0 amide bonds. The van der Waals surface area contributed by atoms with E-state index in [4.69, 9.17) is 5.73 Å². The molecule has 0 aromatic heterocycles. The summed E-state index contributed by atoms with van der Waals surface area (Å²) in [4.78, 5) is 2.36. The standard InChI is InChI=1S/C14H24N2/c1-5-9-16(4)13(10-15)14-11(2)7-6-8-12(14)3/h6-8,13H,5,9-10,15H2,1-4H3. The van der Waals surface area contributed by atoms with E-state index >= 15 is 0 Å². The predicted molar refractivity (Wildman–Crippen MR) is 70.6 cm³/mol. The maximum Gasteiger partial charge on any atom is 0.0472 e. The summed E-state index contributed by atoms with van der Waals surface area (Å²) in [6.07, 6.45) is 1.16. The van der Waals surface area contributed by atoms with Crippen molar-refractivity contribution in [2.24, 2.45) is 5.73 Å². The molecule has 0 aliphatic rings. The molecule has 16 heavy (non-hydrogen) atoms. The first-order valence-corrected chi connectivity index (χ1v) is 6.08. The summed E-state index contributed by atoms with van der Waals surface area (Å²) in [5, 5.41) is 0. The zero-order chi connectivity index (χ0) is 12.1. The van der Waals surface area contributed by atoms with E-state index in [2.05, 4.69) is 50.9 Å². The Morgan fingerprint density at radius 3 is 2.25 bits per heavy atom. The number of hydrogen-bond donors (Lipinski definition) is 1. The predicted octanol–water partition coefficient (Wildman–Crippen LogP) is 2.65. The van der Waals surface area contributed by atoms with Crippen LogP contribution in [0.1, 0.15) is 36.1 Å². The van der Waals surface area contributed by atoms with Gasteiger partial charge in [-0.15, -0.1) is 0 Å². The van der Waals surface area contributed by atoms with Crippen LogP contribution in [0.3, 0.4) is 0 Å². The number of aryl methyl sites for hydroxylation is 2. The van der Waals surface area contributed by atoms with Gasteiger partial charge in [0.25, 0.3) is 0 Å². The fraction of sp³-hybridized carbons (Fsp3) is 0.571. The second kappa shape index (κ2) is 6.02. The first-order chi connectivity index (χ1) is 7.61. The van der Waals surface area contributed by atoms with Gasteiger partial charge in [-0.05, 0) is 50.6 Å². The molecule has 1 atom stereocenters. The van der Waals surface area contributed by atoms with Crippen LogP contribution in [0.25, 0.3) is 0 Å². The van der Waals surface area contributed by atoms with Crippen LogP contribution in [0.15, 0.2) is 18.2 Å². The van der Waals surface area contributed by atoms with Gasteiger partial charge in [-0.1, -0.05) is 25.1 Å². The van der Waals surface area contributed by atoms with Gasteiger partial charge in [-0.2, -0.15) is 0 Å². The summed E-state index contributed by atoms with van der Waals surface area (Å²) in [5.74, 6) is 0. The van der Waals surface area contributed by atoms with Crippen molar-refractivity contribution in [3.05, 3.63) is 34.9 Å². The van der Waals surface area contributed by atoms with Gasteiger partial charge < -0.3 is 5.73 Å². The van der Waals surface area contributed by atoms with E-state index in [9.17, 15) is 0 Å². The van der Waals surface area contributed by atoms with Gasteiger partial charge in [0.15, 0.2) is 0 Å². The molecular weight excluding hydrogens is 196 g/mol. The van der Waals surface area contributed by atoms with Crippen molar-refractivity contribution < 1.29 is 0 Å². The molecule has 0 aliphatic carbocycles. The topological polar surface area (TPSA) is 29.3 Å². The Bertz CT molecular complexity index is 313. The Balaban J connectivity index is 3.03. The van der Waals surface area contributed by atoms with Crippen molar-refractivity contribution in [3.63, 3.8) is 0 Å². The van der Waals surface area contributed by atoms with E-state index in [1.807, 2.05) is 0 Å². The lowest BCUT2D eigenvalue weighted by Gasteiger charge is -2.29. The fourth-order valence-corrected chi connectivity index (χ4v) is 2.38. The van der Waals surface area contributed by atoms with Crippen LogP contribution in [0.4, 0.5) is 0 Å². The molecule has 2 N–H and O–H groups in total. The second-order valence-corrected chi connectivity index (χ2v) is 4.54. The molecule has 2 nitrogen and oxygen atoms in total. The van der Waals surface area contributed by atoms with Crippen molar-refractivity contribution in [2.75, 3.05) is 20.1 Å². The van der Waals surface area contributed by atoms with Crippen LogP contribution in [-0.4, -0.2) is 25.0 Å². The van der Waals surface area contributed by atoms with Crippen LogP contribution in [0.2, 0.25) is 0 Å². The molecule has 0 fully saturated rings. The number of nitrogens with zero attached hydrogens (tertiary/aromatic N) is 1. The number of nitrogens with two attached hydrogens (primary N) is 1. The maximum atomic E-state index is 5.93. The molecule has 0 saturated carbocycles. The van der Waals surface area contributed by atoms with Crippen molar-refractivity contribution >= 4 is 0 Å². The SMILES string of the molecule is CCCN(C)C(CN)c1c(C)cccc1C. The molecule has 0 bridgehead atoms. The van der Waals surface area contributed by atoms with Crippen molar-refractivity contribution in [1.82, 2.24) is 4.90 Å². The normalized spacial score (nSPS) is 13.1. The average Bonchev–Trinajstić information content (AvgIpc) is 2.24. The van der Waals surface area contributed by atoms with E-state index in [1.165, 1.54) is 16.7 Å². The van der Waals surface area contributed by atoms with E-state index in [-0.39, 0.29) is 0 Å². The minimum absolute atomic E-state index is 0.348. The lowest BCUT2D eigenvalue weighted by Crippen LogP contribution is -2.32. The molecule has 2 heteroatoms. The lowest BCUT2D eigenvalue weighted by atomic mass is 9.95. The first-order valence-electron chi connectivity index (χ1n) is 6.08. The maximum absolute atomic E-state index is 5.93. The summed E-state index contributed by atoms with van der Waals surface area (Å²) in [6.45, 7) is 8.32. The van der Waals surface area contributed by atoms with Gasteiger partial charge in [-0.25, -0.2) is 0 Å². The summed E-state index contributed by atoms with van der Waals surface area (Å²) in [7, 11) is 2.16. The molecule has 1 aromatic rings. The highest BCUT2D eigenvalue weighted by molar-refractivity contribution is 5.36. The fourth-order valence-electron chi connectivity index (χ4n) is 2.38. The molecule has 1 rings (SSSR count). The van der Waals surface area contributed by atoms with E-state index in [0.29, 0.717) is 12.6 Å². The van der Waals surface area contributed by atoms with E-state index in [1.54, 1.807) is 0 Å². The van der Waals surface area contributed by atoms with Crippen molar-refractivity contribution in [1.29, 1.82) is 0 Å². The molecule has 0 saturated heterocycles.